The summed E-state index contributed by atoms with van der Waals surface area (Å²) >= 11 is 5.73. The minimum absolute atomic E-state index is 0.0426. The normalized spacial score (nSPS) is 15.5. The van der Waals surface area contributed by atoms with Crippen molar-refractivity contribution >= 4 is 34.8 Å². The van der Waals surface area contributed by atoms with Crippen molar-refractivity contribution in [1.82, 2.24) is 0 Å². The van der Waals surface area contributed by atoms with Gasteiger partial charge in [-0.05, 0) is 29.8 Å². The van der Waals surface area contributed by atoms with E-state index in [4.69, 9.17) is 11.6 Å². The van der Waals surface area contributed by atoms with Crippen molar-refractivity contribution < 1.29 is 9.18 Å². The monoisotopic (exact) mass is 273 g/mol. The first-order valence-electron chi connectivity index (χ1n) is 5.72. The number of carbonyl (C=O) groups excluding carboxylic acids is 1. The molecule has 1 aliphatic heterocycles. The van der Waals surface area contributed by atoms with Crippen molar-refractivity contribution in [2.24, 2.45) is 0 Å². The number of fused-ring (bicyclic) bond motifs is 1. The Hall–Kier alpha value is -2.13. The van der Waals surface area contributed by atoms with E-state index in [1.54, 1.807) is 12.1 Å². The second-order valence-corrected chi connectivity index (χ2v) is 4.64. The standard InChI is InChI=1S/C15H9ClFNO/c16-12-8-9(5-6-13(12)17)7-11-10-3-1-2-4-14(10)18-15(11)19/h1-8H,(H,18,19). The molecule has 94 valence electrons. The molecule has 2 aromatic rings. The van der Waals surface area contributed by atoms with E-state index in [0.717, 1.165) is 11.3 Å². The summed E-state index contributed by atoms with van der Waals surface area (Å²) in [6.45, 7) is 0. The van der Waals surface area contributed by atoms with Gasteiger partial charge in [-0.2, -0.15) is 0 Å². The van der Waals surface area contributed by atoms with E-state index in [1.807, 2.05) is 24.3 Å². The highest BCUT2D eigenvalue weighted by Crippen LogP contribution is 2.33. The first-order chi connectivity index (χ1) is 9.15. The third kappa shape index (κ3) is 2.13. The average Bonchev–Trinajstić information content (AvgIpc) is 2.71. The highest BCUT2D eigenvalue weighted by atomic mass is 35.5. The van der Waals surface area contributed by atoms with E-state index in [2.05, 4.69) is 5.32 Å². The lowest BCUT2D eigenvalue weighted by atomic mass is 10.0. The maximum atomic E-state index is 13.1. The van der Waals surface area contributed by atoms with Gasteiger partial charge in [-0.15, -0.1) is 0 Å². The number of nitrogens with one attached hydrogen (secondary N) is 1. The number of hydrogen-bond acceptors (Lipinski definition) is 1. The molecule has 0 atom stereocenters. The molecule has 0 aliphatic carbocycles. The molecule has 3 rings (SSSR count). The average molecular weight is 274 g/mol. The molecule has 1 N–H and O–H groups in total. The van der Waals surface area contributed by atoms with Gasteiger partial charge in [0.1, 0.15) is 5.82 Å². The first-order valence-corrected chi connectivity index (χ1v) is 6.10. The number of halogens is 2. The molecule has 19 heavy (non-hydrogen) atoms. The summed E-state index contributed by atoms with van der Waals surface area (Å²) in [5.74, 6) is -0.637. The smallest absolute Gasteiger partial charge is 0.256 e. The Morgan fingerprint density at radius 1 is 1.16 bits per heavy atom. The van der Waals surface area contributed by atoms with Crippen LogP contribution in [-0.2, 0) is 4.79 Å². The lowest BCUT2D eigenvalue weighted by Crippen LogP contribution is -2.03. The largest absolute Gasteiger partial charge is 0.321 e. The van der Waals surface area contributed by atoms with Crippen molar-refractivity contribution in [3.63, 3.8) is 0 Å². The van der Waals surface area contributed by atoms with Crippen LogP contribution in [0.15, 0.2) is 42.5 Å². The van der Waals surface area contributed by atoms with Crippen LogP contribution in [0.25, 0.3) is 11.6 Å². The van der Waals surface area contributed by atoms with E-state index in [1.165, 1.54) is 12.1 Å². The van der Waals surface area contributed by atoms with Gasteiger partial charge in [0.05, 0.1) is 5.02 Å². The summed E-state index contributed by atoms with van der Waals surface area (Å²) in [6.07, 6.45) is 1.70. The molecule has 0 unspecified atom stereocenters. The Morgan fingerprint density at radius 2 is 1.95 bits per heavy atom. The Balaban J connectivity index is 2.08. The molecule has 4 heteroatoms. The second kappa shape index (κ2) is 4.52. The molecule has 0 saturated heterocycles. The minimum atomic E-state index is -0.472. The molecule has 2 aromatic carbocycles. The van der Waals surface area contributed by atoms with Crippen LogP contribution in [0.4, 0.5) is 10.1 Å². The van der Waals surface area contributed by atoms with Gasteiger partial charge in [0.15, 0.2) is 0 Å². The van der Waals surface area contributed by atoms with Crippen LogP contribution in [0.5, 0.6) is 0 Å². The summed E-state index contributed by atoms with van der Waals surface area (Å²) in [7, 11) is 0. The van der Waals surface area contributed by atoms with Gasteiger partial charge in [0, 0.05) is 16.8 Å². The fraction of sp³-hybridized carbons (Fsp3) is 0. The molecule has 1 heterocycles. The molecular formula is C15H9ClFNO. The van der Waals surface area contributed by atoms with E-state index in [0.29, 0.717) is 11.1 Å². The predicted molar refractivity (Wildman–Crippen MR) is 74.4 cm³/mol. The van der Waals surface area contributed by atoms with Crippen LogP contribution in [-0.4, -0.2) is 5.91 Å². The third-order valence-electron chi connectivity index (χ3n) is 2.96. The van der Waals surface area contributed by atoms with Crippen molar-refractivity contribution in [2.75, 3.05) is 5.32 Å². The Labute approximate surface area is 114 Å². The molecule has 2 nitrogen and oxygen atoms in total. The Morgan fingerprint density at radius 3 is 2.74 bits per heavy atom. The quantitative estimate of drug-likeness (QED) is 0.783. The van der Waals surface area contributed by atoms with Crippen LogP contribution in [0.3, 0.4) is 0 Å². The number of hydrogen-bond donors (Lipinski definition) is 1. The highest BCUT2D eigenvalue weighted by molar-refractivity contribution is 6.35. The summed E-state index contributed by atoms with van der Waals surface area (Å²) in [6, 6.07) is 11.8. The maximum absolute atomic E-state index is 13.1. The predicted octanol–water partition coefficient (Wildman–Crippen LogP) is 3.97. The summed E-state index contributed by atoms with van der Waals surface area (Å²) < 4.78 is 13.1. The molecular weight excluding hydrogens is 265 g/mol. The topological polar surface area (TPSA) is 29.1 Å². The number of anilines is 1. The lowest BCUT2D eigenvalue weighted by Gasteiger charge is -2.00. The molecule has 1 amide bonds. The number of amides is 1. The van der Waals surface area contributed by atoms with Gasteiger partial charge in [-0.3, -0.25) is 4.79 Å². The van der Waals surface area contributed by atoms with Gasteiger partial charge in [-0.25, -0.2) is 4.39 Å². The number of rotatable bonds is 1. The van der Waals surface area contributed by atoms with E-state index in [-0.39, 0.29) is 10.9 Å². The highest BCUT2D eigenvalue weighted by Gasteiger charge is 2.23. The van der Waals surface area contributed by atoms with Gasteiger partial charge in [-0.1, -0.05) is 35.9 Å². The van der Waals surface area contributed by atoms with E-state index in [9.17, 15) is 9.18 Å². The third-order valence-corrected chi connectivity index (χ3v) is 3.25. The zero-order valence-corrected chi connectivity index (χ0v) is 10.5. The number of para-hydroxylation sites is 1. The van der Waals surface area contributed by atoms with Gasteiger partial charge in [0.25, 0.3) is 5.91 Å². The second-order valence-electron chi connectivity index (χ2n) is 4.23. The zero-order valence-electron chi connectivity index (χ0n) is 9.78. The van der Waals surface area contributed by atoms with Gasteiger partial charge < -0.3 is 5.32 Å². The van der Waals surface area contributed by atoms with Gasteiger partial charge >= 0.3 is 0 Å². The van der Waals surface area contributed by atoms with Crippen molar-refractivity contribution in [2.45, 2.75) is 0 Å². The van der Waals surface area contributed by atoms with Crippen LogP contribution in [0, 0.1) is 5.82 Å². The van der Waals surface area contributed by atoms with Crippen molar-refractivity contribution in [3.05, 3.63) is 64.4 Å². The molecule has 0 radical (unpaired) electrons. The molecule has 0 bridgehead atoms. The van der Waals surface area contributed by atoms with Gasteiger partial charge in [0.2, 0.25) is 0 Å². The SMILES string of the molecule is O=C1Nc2ccccc2C1=Cc1ccc(F)c(Cl)c1. The fourth-order valence-electron chi connectivity index (χ4n) is 2.05. The Bertz CT molecular complexity index is 709. The zero-order chi connectivity index (χ0) is 13.4. The molecule has 1 aliphatic rings. The molecule has 0 saturated carbocycles. The van der Waals surface area contributed by atoms with Crippen molar-refractivity contribution in [1.29, 1.82) is 0 Å². The fourth-order valence-corrected chi connectivity index (χ4v) is 2.24. The molecule has 0 spiro atoms. The molecule has 0 fully saturated rings. The van der Waals surface area contributed by atoms with Crippen LogP contribution in [0.2, 0.25) is 5.02 Å². The summed E-state index contributed by atoms with van der Waals surface area (Å²) in [4.78, 5) is 11.9. The maximum Gasteiger partial charge on any atom is 0.256 e. The minimum Gasteiger partial charge on any atom is -0.321 e. The first kappa shape index (κ1) is 11.9. The van der Waals surface area contributed by atoms with Crippen molar-refractivity contribution in [3.8, 4) is 0 Å². The van der Waals surface area contributed by atoms with Crippen LogP contribution < -0.4 is 5.32 Å². The van der Waals surface area contributed by atoms with E-state index < -0.39 is 5.82 Å². The summed E-state index contributed by atoms with van der Waals surface area (Å²) in [5, 5.41) is 2.82. The van der Waals surface area contributed by atoms with E-state index >= 15 is 0 Å². The lowest BCUT2D eigenvalue weighted by molar-refractivity contribution is -0.110. The number of carbonyl (C=O) groups is 1. The van der Waals surface area contributed by atoms with Crippen LogP contribution in [0.1, 0.15) is 11.1 Å². The summed E-state index contributed by atoms with van der Waals surface area (Å²) in [5.41, 5.74) is 2.87. The Kier molecular flexibility index (Phi) is 2.84. The van der Waals surface area contributed by atoms with Crippen LogP contribution >= 0.6 is 11.6 Å². The number of benzene rings is 2. The molecule has 0 aromatic heterocycles.